The first kappa shape index (κ1) is 25.0. The number of aromatic nitrogens is 4. The van der Waals surface area contributed by atoms with Crippen LogP contribution < -0.4 is 15.0 Å². The lowest BCUT2D eigenvalue weighted by Gasteiger charge is -2.35. The summed E-state index contributed by atoms with van der Waals surface area (Å²) < 4.78 is 52.8. The number of benzene rings is 1. The van der Waals surface area contributed by atoms with Gasteiger partial charge in [-0.2, -0.15) is 23.3 Å². The van der Waals surface area contributed by atoms with Crippen molar-refractivity contribution < 1.29 is 27.4 Å². The average molecular weight is 517 g/mol. The molecule has 1 amide bonds. The average Bonchev–Trinajstić information content (AvgIpc) is 3.39. The van der Waals surface area contributed by atoms with Crippen LogP contribution in [0.25, 0.3) is 11.1 Å². The van der Waals surface area contributed by atoms with Crippen LogP contribution in [0.15, 0.2) is 36.8 Å². The van der Waals surface area contributed by atoms with Crippen LogP contribution in [0.2, 0.25) is 0 Å². The van der Waals surface area contributed by atoms with Gasteiger partial charge in [-0.25, -0.2) is 9.78 Å². The third kappa shape index (κ3) is 4.97. The number of rotatable bonds is 4. The van der Waals surface area contributed by atoms with E-state index in [2.05, 4.69) is 20.4 Å². The number of nitrogens with zero attached hydrogens (tertiary/aromatic N) is 5. The molecular weight excluding hydrogens is 489 g/mol. The second-order valence-electron chi connectivity index (χ2n) is 9.18. The van der Waals surface area contributed by atoms with Crippen molar-refractivity contribution in [2.45, 2.75) is 50.9 Å². The van der Waals surface area contributed by atoms with Crippen molar-refractivity contribution in [3.8, 4) is 22.8 Å². The van der Waals surface area contributed by atoms with Crippen molar-refractivity contribution in [2.24, 2.45) is 0 Å². The molecule has 1 saturated heterocycles. The summed E-state index contributed by atoms with van der Waals surface area (Å²) in [5.74, 6) is -1.21. The van der Waals surface area contributed by atoms with E-state index in [9.17, 15) is 18.0 Å². The SMILES string of the molecule is COC(=O)N1c2ccc(-c3cnn(C4CCNCC4)c3)c(Oc3ccnc(C(F)(F)F)n3)c2CC[C@@H]1C. The lowest BCUT2D eigenvalue weighted by molar-refractivity contribution is -0.145. The lowest BCUT2D eigenvalue weighted by atomic mass is 9.92. The minimum Gasteiger partial charge on any atom is -0.452 e. The van der Waals surface area contributed by atoms with Gasteiger partial charge in [0, 0.05) is 41.2 Å². The topological polar surface area (TPSA) is 94.4 Å². The van der Waals surface area contributed by atoms with E-state index in [1.165, 1.54) is 18.1 Å². The molecule has 196 valence electrons. The quantitative estimate of drug-likeness (QED) is 0.523. The highest BCUT2D eigenvalue weighted by atomic mass is 19.4. The number of hydrogen-bond donors (Lipinski definition) is 1. The van der Waals surface area contributed by atoms with Crippen LogP contribution in [0.3, 0.4) is 0 Å². The molecule has 4 heterocycles. The van der Waals surface area contributed by atoms with Crippen LogP contribution in [-0.4, -0.2) is 52.1 Å². The highest BCUT2D eigenvalue weighted by Crippen LogP contribution is 2.45. The molecule has 0 aliphatic carbocycles. The van der Waals surface area contributed by atoms with Gasteiger partial charge in [-0.1, -0.05) is 0 Å². The van der Waals surface area contributed by atoms with Crippen LogP contribution in [0.4, 0.5) is 23.7 Å². The Labute approximate surface area is 211 Å². The highest BCUT2D eigenvalue weighted by Gasteiger charge is 2.36. The largest absolute Gasteiger partial charge is 0.452 e. The van der Waals surface area contributed by atoms with Crippen molar-refractivity contribution in [3.63, 3.8) is 0 Å². The van der Waals surface area contributed by atoms with Crippen molar-refractivity contribution >= 4 is 11.8 Å². The van der Waals surface area contributed by atoms with Gasteiger partial charge >= 0.3 is 12.3 Å². The van der Waals surface area contributed by atoms with Crippen molar-refractivity contribution in [2.75, 3.05) is 25.1 Å². The van der Waals surface area contributed by atoms with Gasteiger partial charge in [0.05, 0.1) is 25.0 Å². The zero-order chi connectivity index (χ0) is 26.2. The molecule has 1 N–H and O–H groups in total. The van der Waals surface area contributed by atoms with Crippen molar-refractivity contribution in [1.29, 1.82) is 0 Å². The number of halogens is 3. The molecule has 9 nitrogen and oxygen atoms in total. The van der Waals surface area contributed by atoms with Crippen LogP contribution in [-0.2, 0) is 17.3 Å². The number of nitrogens with one attached hydrogen (secondary N) is 1. The maximum atomic E-state index is 13.3. The molecule has 1 atom stereocenters. The predicted molar refractivity (Wildman–Crippen MR) is 129 cm³/mol. The van der Waals surface area contributed by atoms with Gasteiger partial charge in [-0.15, -0.1) is 0 Å². The number of amides is 1. The molecule has 0 saturated carbocycles. The van der Waals surface area contributed by atoms with E-state index < -0.39 is 18.1 Å². The van der Waals surface area contributed by atoms with Crippen LogP contribution in [0, 0.1) is 0 Å². The fourth-order valence-electron chi connectivity index (χ4n) is 4.91. The summed E-state index contributed by atoms with van der Waals surface area (Å²) in [7, 11) is 1.31. The summed E-state index contributed by atoms with van der Waals surface area (Å²) in [5, 5.41) is 7.90. The van der Waals surface area contributed by atoms with Crippen LogP contribution in [0.1, 0.15) is 43.6 Å². The van der Waals surface area contributed by atoms with Crippen molar-refractivity contribution in [1.82, 2.24) is 25.1 Å². The number of piperidine rings is 1. The minimum absolute atomic E-state index is 0.128. The maximum Gasteiger partial charge on any atom is 0.451 e. The van der Waals surface area contributed by atoms with E-state index in [0.717, 1.165) is 37.7 Å². The Morgan fingerprint density at radius 2 is 1.95 bits per heavy atom. The van der Waals surface area contributed by atoms with E-state index in [0.29, 0.717) is 35.4 Å². The van der Waals surface area contributed by atoms with Crippen LogP contribution >= 0.6 is 0 Å². The molecule has 0 radical (unpaired) electrons. The molecule has 1 fully saturated rings. The Balaban J connectivity index is 1.61. The summed E-state index contributed by atoms with van der Waals surface area (Å²) in [6.45, 7) is 3.73. The van der Waals surface area contributed by atoms with Gasteiger partial charge in [0.25, 0.3) is 0 Å². The fourth-order valence-corrected chi connectivity index (χ4v) is 4.91. The van der Waals surface area contributed by atoms with E-state index in [-0.39, 0.29) is 18.0 Å². The first-order valence-corrected chi connectivity index (χ1v) is 12.1. The van der Waals surface area contributed by atoms with Gasteiger partial charge in [0.2, 0.25) is 11.7 Å². The molecule has 2 aromatic heterocycles. The molecule has 12 heteroatoms. The normalized spacial score (nSPS) is 18.4. The van der Waals surface area contributed by atoms with Crippen molar-refractivity contribution in [3.05, 3.63) is 48.2 Å². The minimum atomic E-state index is -4.72. The Hall–Kier alpha value is -3.67. The third-order valence-electron chi connectivity index (χ3n) is 6.81. The molecular formula is C25H27F3N6O3. The summed E-state index contributed by atoms with van der Waals surface area (Å²) in [4.78, 5) is 21.1. The third-order valence-corrected chi connectivity index (χ3v) is 6.81. The predicted octanol–water partition coefficient (Wildman–Crippen LogP) is 4.98. The van der Waals surface area contributed by atoms with Gasteiger partial charge in [-0.05, 0) is 57.8 Å². The molecule has 0 bridgehead atoms. The molecule has 2 aliphatic heterocycles. The maximum absolute atomic E-state index is 13.3. The van der Waals surface area contributed by atoms with Crippen LogP contribution in [0.5, 0.6) is 11.6 Å². The summed E-state index contributed by atoms with van der Waals surface area (Å²) in [5.41, 5.74) is 2.66. The summed E-state index contributed by atoms with van der Waals surface area (Å²) in [6, 6.07) is 5.01. The van der Waals surface area contributed by atoms with E-state index in [1.807, 2.05) is 23.9 Å². The second kappa shape index (κ2) is 10.0. The van der Waals surface area contributed by atoms with Gasteiger partial charge in [0.15, 0.2) is 0 Å². The van der Waals surface area contributed by atoms with Gasteiger partial charge < -0.3 is 14.8 Å². The van der Waals surface area contributed by atoms with E-state index in [1.54, 1.807) is 12.3 Å². The molecule has 0 unspecified atom stereocenters. The Morgan fingerprint density at radius 3 is 2.68 bits per heavy atom. The van der Waals surface area contributed by atoms with Gasteiger partial charge in [0.1, 0.15) is 5.75 Å². The number of carbonyl (C=O) groups excluding carboxylic acids is 1. The Morgan fingerprint density at radius 1 is 1.16 bits per heavy atom. The highest BCUT2D eigenvalue weighted by molar-refractivity contribution is 5.92. The molecule has 5 rings (SSSR count). The number of anilines is 1. The standard InChI is InChI=1S/C25H27F3N6O3/c1-15-3-4-19-20(34(15)24(35)36-2)6-5-18(16-13-31-33(14-16)17-7-10-29-11-8-17)22(19)37-21-9-12-30-23(32-21)25(26,27)28/h5-6,9,12-15,17,29H,3-4,7-8,10-11H2,1-2H3/t15-/m0/s1. The number of fused-ring (bicyclic) bond motifs is 1. The second-order valence-corrected chi connectivity index (χ2v) is 9.18. The zero-order valence-corrected chi connectivity index (χ0v) is 20.5. The summed E-state index contributed by atoms with van der Waals surface area (Å²) in [6.07, 6.45) is 2.48. The monoisotopic (exact) mass is 516 g/mol. The Bertz CT molecular complexity index is 1290. The van der Waals surface area contributed by atoms with E-state index in [4.69, 9.17) is 9.47 Å². The zero-order valence-electron chi connectivity index (χ0n) is 20.5. The first-order valence-electron chi connectivity index (χ1n) is 12.1. The molecule has 37 heavy (non-hydrogen) atoms. The first-order chi connectivity index (χ1) is 17.8. The molecule has 0 spiro atoms. The van der Waals surface area contributed by atoms with Gasteiger partial charge in [-0.3, -0.25) is 9.58 Å². The number of ether oxygens (including phenoxy) is 2. The smallest absolute Gasteiger partial charge is 0.451 e. The number of alkyl halides is 3. The number of hydrogen-bond acceptors (Lipinski definition) is 7. The summed E-state index contributed by atoms with van der Waals surface area (Å²) >= 11 is 0. The molecule has 3 aromatic rings. The number of carbonyl (C=O) groups is 1. The Kier molecular flexibility index (Phi) is 6.76. The molecule has 2 aliphatic rings. The molecule has 1 aromatic carbocycles. The lowest BCUT2D eigenvalue weighted by Crippen LogP contribution is -2.42. The number of methoxy groups -OCH3 is 1. The van der Waals surface area contributed by atoms with E-state index >= 15 is 0 Å². The fraction of sp³-hybridized carbons (Fsp3) is 0.440.